The van der Waals surface area contributed by atoms with E-state index in [4.69, 9.17) is 5.73 Å². The molecule has 1 atom stereocenters. The first kappa shape index (κ1) is 22.4. The summed E-state index contributed by atoms with van der Waals surface area (Å²) < 4.78 is 0. The van der Waals surface area contributed by atoms with Gasteiger partial charge in [0.15, 0.2) is 0 Å². The summed E-state index contributed by atoms with van der Waals surface area (Å²) >= 11 is 1.61. The van der Waals surface area contributed by atoms with Gasteiger partial charge in [0.05, 0.1) is 5.39 Å². The van der Waals surface area contributed by atoms with Crippen molar-refractivity contribution in [3.63, 3.8) is 0 Å². The minimum absolute atomic E-state index is 0. The third kappa shape index (κ3) is 4.38. The summed E-state index contributed by atoms with van der Waals surface area (Å²) in [5.41, 5.74) is 8.22. The van der Waals surface area contributed by atoms with Crippen LogP contribution in [0.4, 0.5) is 5.82 Å². The molecule has 2 N–H and O–H groups in total. The van der Waals surface area contributed by atoms with Crippen LogP contribution in [0.1, 0.15) is 17.2 Å². The Morgan fingerprint density at radius 2 is 1.75 bits per heavy atom. The van der Waals surface area contributed by atoms with Gasteiger partial charge in [-0.2, -0.15) is 0 Å². The predicted molar refractivity (Wildman–Crippen MR) is 119 cm³/mol. The van der Waals surface area contributed by atoms with Crippen molar-refractivity contribution in [3.8, 4) is 0 Å². The summed E-state index contributed by atoms with van der Waals surface area (Å²) in [6, 6.07) is 9.29. The first-order valence-corrected chi connectivity index (χ1v) is 9.55. The fourth-order valence-corrected chi connectivity index (χ4v) is 4.01. The molecule has 0 aliphatic carbocycles. The van der Waals surface area contributed by atoms with Gasteiger partial charge in [0.1, 0.15) is 23.0 Å². The zero-order valence-electron chi connectivity index (χ0n) is 15.4. The Balaban J connectivity index is 0.00000140. The van der Waals surface area contributed by atoms with Crippen LogP contribution < -0.4 is 10.6 Å². The lowest BCUT2D eigenvalue weighted by atomic mass is 10.0. The number of piperazine rings is 1. The molecule has 1 amide bonds. The van der Waals surface area contributed by atoms with Gasteiger partial charge in [-0.15, -0.1) is 36.2 Å². The highest BCUT2D eigenvalue weighted by Gasteiger charge is 2.27. The molecular weight excluding hydrogens is 417 g/mol. The zero-order valence-corrected chi connectivity index (χ0v) is 17.9. The van der Waals surface area contributed by atoms with Crippen LogP contribution in [0.15, 0.2) is 42.0 Å². The average molecular weight is 440 g/mol. The van der Waals surface area contributed by atoms with Gasteiger partial charge < -0.3 is 15.5 Å². The number of nitrogens with zero attached hydrogens (tertiary/aromatic N) is 4. The second kappa shape index (κ2) is 9.52. The van der Waals surface area contributed by atoms with E-state index in [0.717, 1.165) is 40.3 Å². The van der Waals surface area contributed by atoms with Gasteiger partial charge in [-0.05, 0) is 23.9 Å². The van der Waals surface area contributed by atoms with E-state index >= 15 is 0 Å². The molecule has 4 rings (SSSR count). The molecule has 150 valence electrons. The van der Waals surface area contributed by atoms with Crippen LogP contribution in [0.5, 0.6) is 0 Å². The summed E-state index contributed by atoms with van der Waals surface area (Å²) in [4.78, 5) is 26.6. The summed E-state index contributed by atoms with van der Waals surface area (Å²) in [5.74, 6) is 0.933. The molecule has 9 heteroatoms. The number of rotatable bonds is 3. The Labute approximate surface area is 180 Å². The number of aryl methyl sites for hydroxylation is 1. The zero-order chi connectivity index (χ0) is 18.1. The number of carbonyl (C=O) groups excluding carboxylic acids is 1. The minimum atomic E-state index is -0.607. The van der Waals surface area contributed by atoms with Crippen molar-refractivity contribution in [2.75, 3.05) is 31.1 Å². The molecule has 1 aliphatic heterocycles. The quantitative estimate of drug-likeness (QED) is 0.677. The molecule has 1 fully saturated rings. The lowest BCUT2D eigenvalue weighted by molar-refractivity contribution is -0.133. The van der Waals surface area contributed by atoms with Crippen LogP contribution in [0.3, 0.4) is 0 Å². The smallest absolute Gasteiger partial charge is 0.244 e. The van der Waals surface area contributed by atoms with Gasteiger partial charge in [0.25, 0.3) is 0 Å². The van der Waals surface area contributed by atoms with Crippen LogP contribution in [-0.4, -0.2) is 47.0 Å². The molecule has 0 spiro atoms. The number of aromatic nitrogens is 2. The SMILES string of the molecule is Cc1ccc(C(N)C(=O)N2CCN(c3ncnc4sccc34)CC2)cc1.Cl.Cl. The number of carbonyl (C=O) groups is 1. The number of halogens is 2. The average Bonchev–Trinajstić information content (AvgIpc) is 3.16. The van der Waals surface area contributed by atoms with E-state index in [1.165, 1.54) is 0 Å². The van der Waals surface area contributed by atoms with Crippen molar-refractivity contribution in [3.05, 3.63) is 53.2 Å². The monoisotopic (exact) mass is 439 g/mol. The maximum Gasteiger partial charge on any atom is 0.244 e. The van der Waals surface area contributed by atoms with Crippen molar-refractivity contribution in [2.24, 2.45) is 5.73 Å². The van der Waals surface area contributed by atoms with Crippen LogP contribution in [0.2, 0.25) is 0 Å². The molecular formula is C19H23Cl2N5OS. The highest BCUT2D eigenvalue weighted by molar-refractivity contribution is 7.16. The number of hydrogen-bond donors (Lipinski definition) is 1. The Bertz CT molecular complexity index is 925. The van der Waals surface area contributed by atoms with E-state index in [1.54, 1.807) is 17.7 Å². The maximum atomic E-state index is 12.8. The van der Waals surface area contributed by atoms with Gasteiger partial charge >= 0.3 is 0 Å². The Morgan fingerprint density at radius 3 is 2.43 bits per heavy atom. The molecule has 6 nitrogen and oxygen atoms in total. The number of amides is 1. The van der Waals surface area contributed by atoms with Crippen molar-refractivity contribution >= 4 is 58.1 Å². The molecule has 0 saturated carbocycles. The summed E-state index contributed by atoms with van der Waals surface area (Å²) in [6.45, 7) is 4.80. The summed E-state index contributed by atoms with van der Waals surface area (Å²) in [5, 5.41) is 3.11. The number of nitrogens with two attached hydrogens (primary N) is 1. The molecule has 3 heterocycles. The van der Waals surface area contributed by atoms with Crippen LogP contribution >= 0.6 is 36.2 Å². The third-order valence-corrected chi connectivity index (χ3v) is 5.65. The van der Waals surface area contributed by atoms with E-state index in [2.05, 4.69) is 20.9 Å². The first-order chi connectivity index (χ1) is 12.6. The lowest BCUT2D eigenvalue weighted by Gasteiger charge is -2.36. The molecule has 0 bridgehead atoms. The van der Waals surface area contributed by atoms with Crippen LogP contribution in [0, 0.1) is 6.92 Å². The number of thiophene rings is 1. The summed E-state index contributed by atoms with van der Waals surface area (Å²) in [7, 11) is 0. The molecule has 1 saturated heterocycles. The number of fused-ring (bicyclic) bond motifs is 1. The second-order valence-corrected chi connectivity index (χ2v) is 7.43. The van der Waals surface area contributed by atoms with Crippen molar-refractivity contribution in [2.45, 2.75) is 13.0 Å². The Kier molecular flexibility index (Phi) is 7.60. The van der Waals surface area contributed by atoms with E-state index in [0.29, 0.717) is 13.1 Å². The fraction of sp³-hybridized carbons (Fsp3) is 0.316. The van der Waals surface area contributed by atoms with Crippen molar-refractivity contribution < 1.29 is 4.79 Å². The topological polar surface area (TPSA) is 75.4 Å². The Morgan fingerprint density at radius 1 is 1.07 bits per heavy atom. The molecule has 1 unspecified atom stereocenters. The minimum Gasteiger partial charge on any atom is -0.352 e. The van der Waals surface area contributed by atoms with E-state index < -0.39 is 6.04 Å². The lowest BCUT2D eigenvalue weighted by Crippen LogP contribution is -2.51. The molecule has 0 radical (unpaired) electrons. The third-order valence-electron chi connectivity index (χ3n) is 4.83. The highest BCUT2D eigenvalue weighted by atomic mass is 35.5. The van der Waals surface area contributed by atoms with Gasteiger partial charge in [0, 0.05) is 26.2 Å². The Hall–Kier alpha value is -1.93. The van der Waals surface area contributed by atoms with E-state index in [1.807, 2.05) is 41.5 Å². The van der Waals surface area contributed by atoms with Gasteiger partial charge in [-0.25, -0.2) is 9.97 Å². The van der Waals surface area contributed by atoms with Crippen molar-refractivity contribution in [1.82, 2.24) is 14.9 Å². The maximum absolute atomic E-state index is 12.8. The number of benzene rings is 1. The van der Waals surface area contributed by atoms with Gasteiger partial charge in [0.2, 0.25) is 5.91 Å². The largest absolute Gasteiger partial charge is 0.352 e. The fourth-order valence-electron chi connectivity index (χ4n) is 3.28. The number of anilines is 1. The van der Waals surface area contributed by atoms with Crippen LogP contribution in [0.25, 0.3) is 10.2 Å². The number of hydrogen-bond acceptors (Lipinski definition) is 6. The van der Waals surface area contributed by atoms with E-state index in [9.17, 15) is 4.79 Å². The van der Waals surface area contributed by atoms with Crippen molar-refractivity contribution in [1.29, 1.82) is 0 Å². The second-order valence-electron chi connectivity index (χ2n) is 6.54. The molecule has 3 aromatic rings. The standard InChI is InChI=1S/C19H21N5OS.2ClH/c1-13-2-4-14(5-3-13)16(20)19(25)24-9-7-23(8-10-24)17-15-6-11-26-18(15)22-12-21-17;;/h2-6,11-12,16H,7-10,20H2,1H3;2*1H. The van der Waals surface area contributed by atoms with Gasteiger partial charge in [-0.3, -0.25) is 4.79 Å². The highest BCUT2D eigenvalue weighted by Crippen LogP contribution is 2.27. The molecule has 1 aromatic carbocycles. The molecule has 28 heavy (non-hydrogen) atoms. The van der Waals surface area contributed by atoms with Gasteiger partial charge in [-0.1, -0.05) is 29.8 Å². The van der Waals surface area contributed by atoms with Crippen LogP contribution in [-0.2, 0) is 4.79 Å². The first-order valence-electron chi connectivity index (χ1n) is 8.67. The normalized spacial score (nSPS) is 14.9. The predicted octanol–water partition coefficient (Wildman–Crippen LogP) is 3.19. The molecule has 2 aromatic heterocycles. The summed E-state index contributed by atoms with van der Waals surface area (Å²) in [6.07, 6.45) is 1.61. The van der Waals surface area contributed by atoms with E-state index in [-0.39, 0.29) is 30.7 Å². The molecule has 1 aliphatic rings.